The van der Waals surface area contributed by atoms with Gasteiger partial charge in [-0.3, -0.25) is 9.59 Å². The van der Waals surface area contributed by atoms with Crippen LogP contribution < -0.4 is 0 Å². The molecule has 0 aromatic heterocycles. The van der Waals surface area contributed by atoms with E-state index in [1.54, 1.807) is 0 Å². The summed E-state index contributed by atoms with van der Waals surface area (Å²) >= 11 is 0. The van der Waals surface area contributed by atoms with Crippen LogP contribution in [-0.2, 0) is 14.3 Å². The Kier molecular flexibility index (Phi) is 10.9. The van der Waals surface area contributed by atoms with E-state index in [0.29, 0.717) is 12.8 Å². The Balaban J connectivity index is 2.42. The number of unbranched alkanes of at least 4 members (excludes halogenated alkanes) is 4. The summed E-state index contributed by atoms with van der Waals surface area (Å²) in [6, 6.07) is 0. The van der Waals surface area contributed by atoms with Gasteiger partial charge in [-0.25, -0.2) is 0 Å². The van der Waals surface area contributed by atoms with E-state index in [1.807, 2.05) is 19.1 Å². The topological polar surface area (TPSA) is 83.8 Å². The minimum absolute atomic E-state index is 0.127. The summed E-state index contributed by atoms with van der Waals surface area (Å²) < 4.78 is 4.62. The molecule has 0 radical (unpaired) electrons. The fourth-order valence-electron chi connectivity index (χ4n) is 3.82. The van der Waals surface area contributed by atoms with Crippen molar-refractivity contribution in [3.63, 3.8) is 0 Å². The van der Waals surface area contributed by atoms with Crippen LogP contribution in [0, 0.1) is 11.8 Å². The Morgan fingerprint density at radius 3 is 2.63 bits per heavy atom. The van der Waals surface area contributed by atoms with Crippen LogP contribution in [0.2, 0.25) is 0 Å². The highest BCUT2D eigenvalue weighted by molar-refractivity contribution is 5.84. The van der Waals surface area contributed by atoms with Crippen LogP contribution in [0.4, 0.5) is 0 Å². The fraction of sp³-hybridized carbons (Fsp3) is 0.818. The van der Waals surface area contributed by atoms with Crippen molar-refractivity contribution < 1.29 is 24.5 Å². The van der Waals surface area contributed by atoms with E-state index >= 15 is 0 Å². The Bertz CT molecular complexity index is 483. The number of ketones is 1. The Morgan fingerprint density at radius 2 is 1.96 bits per heavy atom. The highest BCUT2D eigenvalue weighted by Crippen LogP contribution is 2.34. The molecule has 0 amide bonds. The summed E-state index contributed by atoms with van der Waals surface area (Å²) in [5, 5.41) is 20.6. The Labute approximate surface area is 164 Å². The van der Waals surface area contributed by atoms with Gasteiger partial charge in [0.1, 0.15) is 5.78 Å². The fourth-order valence-corrected chi connectivity index (χ4v) is 3.82. The molecule has 1 rings (SSSR count). The number of rotatable bonds is 13. The molecule has 0 aromatic rings. The lowest BCUT2D eigenvalue weighted by Crippen LogP contribution is -2.23. The average molecular weight is 383 g/mol. The zero-order valence-electron chi connectivity index (χ0n) is 17.3. The summed E-state index contributed by atoms with van der Waals surface area (Å²) in [6.45, 7) is 3.95. The molecule has 0 saturated heterocycles. The first kappa shape index (κ1) is 23.8. The van der Waals surface area contributed by atoms with Crippen molar-refractivity contribution in [2.45, 2.75) is 96.2 Å². The van der Waals surface area contributed by atoms with Crippen molar-refractivity contribution >= 4 is 11.8 Å². The molecule has 4 atom stereocenters. The second kappa shape index (κ2) is 12.3. The van der Waals surface area contributed by atoms with Crippen LogP contribution in [-0.4, -0.2) is 40.8 Å². The lowest BCUT2D eigenvalue weighted by atomic mass is 9.87. The third kappa shape index (κ3) is 9.02. The maximum Gasteiger partial charge on any atom is 0.305 e. The summed E-state index contributed by atoms with van der Waals surface area (Å²) in [5.74, 6) is -0.305. The number of methoxy groups -OCH3 is 1. The van der Waals surface area contributed by atoms with Gasteiger partial charge in [-0.1, -0.05) is 51.2 Å². The van der Waals surface area contributed by atoms with E-state index in [9.17, 15) is 19.8 Å². The molecule has 2 N–H and O–H groups in total. The van der Waals surface area contributed by atoms with Crippen molar-refractivity contribution in [2.24, 2.45) is 11.8 Å². The number of aliphatic hydroxyl groups excluding tert-OH is 1. The molecular weight excluding hydrogens is 344 g/mol. The van der Waals surface area contributed by atoms with Gasteiger partial charge in [0.05, 0.1) is 18.8 Å². The number of carbonyl (C=O) groups excluding carboxylic acids is 2. The zero-order chi connectivity index (χ0) is 20.3. The lowest BCUT2D eigenvalue weighted by molar-refractivity contribution is -0.140. The van der Waals surface area contributed by atoms with Crippen LogP contribution in [0.25, 0.3) is 0 Å². The maximum atomic E-state index is 12.2. The Hall–Kier alpha value is -1.20. The molecule has 5 nitrogen and oxygen atoms in total. The van der Waals surface area contributed by atoms with Gasteiger partial charge in [-0.15, -0.1) is 0 Å². The first-order valence-corrected chi connectivity index (χ1v) is 10.5. The van der Waals surface area contributed by atoms with Crippen molar-refractivity contribution in [1.29, 1.82) is 0 Å². The molecule has 1 unspecified atom stereocenters. The van der Waals surface area contributed by atoms with Crippen molar-refractivity contribution in [2.75, 3.05) is 7.11 Å². The number of hydrogen-bond donors (Lipinski definition) is 2. The first-order valence-electron chi connectivity index (χ1n) is 10.5. The second-order valence-corrected chi connectivity index (χ2v) is 8.18. The monoisotopic (exact) mass is 382 g/mol. The van der Waals surface area contributed by atoms with Crippen LogP contribution in [0.15, 0.2) is 12.2 Å². The van der Waals surface area contributed by atoms with Crippen LogP contribution >= 0.6 is 0 Å². The predicted molar refractivity (Wildman–Crippen MR) is 106 cm³/mol. The number of esters is 1. The van der Waals surface area contributed by atoms with Crippen LogP contribution in [0.3, 0.4) is 0 Å². The number of aliphatic hydroxyl groups is 2. The minimum atomic E-state index is -0.727. The molecule has 0 aliphatic heterocycles. The van der Waals surface area contributed by atoms with E-state index in [-0.39, 0.29) is 30.0 Å². The third-order valence-corrected chi connectivity index (χ3v) is 5.59. The molecule has 156 valence electrons. The summed E-state index contributed by atoms with van der Waals surface area (Å²) in [6.07, 6.45) is 11.7. The van der Waals surface area contributed by atoms with Gasteiger partial charge in [0.25, 0.3) is 0 Å². The highest BCUT2D eigenvalue weighted by atomic mass is 16.5. The van der Waals surface area contributed by atoms with Gasteiger partial charge < -0.3 is 14.9 Å². The van der Waals surface area contributed by atoms with E-state index in [4.69, 9.17) is 0 Å². The molecular formula is C22H38O5. The Morgan fingerprint density at radius 1 is 1.26 bits per heavy atom. The molecule has 1 aliphatic carbocycles. The lowest BCUT2D eigenvalue weighted by Gasteiger charge is -2.22. The SMILES string of the molecule is CCCC[C@](C)(O)C/C=C/[C@H]1C(O)CC(=O)[C@@H]1CCCCCCC(=O)OC. The normalized spacial score (nSPS) is 25.1. The summed E-state index contributed by atoms with van der Waals surface area (Å²) in [7, 11) is 1.40. The molecule has 1 fully saturated rings. The highest BCUT2D eigenvalue weighted by Gasteiger charge is 2.39. The van der Waals surface area contributed by atoms with Crippen molar-refractivity contribution in [3.05, 3.63) is 12.2 Å². The van der Waals surface area contributed by atoms with Crippen molar-refractivity contribution in [3.8, 4) is 0 Å². The van der Waals surface area contributed by atoms with Crippen LogP contribution in [0.1, 0.15) is 84.5 Å². The number of hydrogen-bond acceptors (Lipinski definition) is 5. The van der Waals surface area contributed by atoms with Gasteiger partial charge >= 0.3 is 5.97 Å². The van der Waals surface area contributed by atoms with Gasteiger partial charge in [0, 0.05) is 24.7 Å². The smallest absolute Gasteiger partial charge is 0.305 e. The van der Waals surface area contributed by atoms with E-state index in [1.165, 1.54) is 7.11 Å². The van der Waals surface area contributed by atoms with E-state index < -0.39 is 11.7 Å². The van der Waals surface area contributed by atoms with E-state index in [2.05, 4.69) is 11.7 Å². The molecule has 5 heteroatoms. The molecule has 27 heavy (non-hydrogen) atoms. The molecule has 0 heterocycles. The number of Topliss-reactive ketones (excluding diaryl/α,β-unsaturated/α-hetero) is 1. The van der Waals surface area contributed by atoms with Gasteiger partial charge in [-0.2, -0.15) is 0 Å². The quantitative estimate of drug-likeness (QED) is 0.286. The summed E-state index contributed by atoms with van der Waals surface area (Å²) in [5.41, 5.74) is -0.727. The van der Waals surface area contributed by atoms with Crippen LogP contribution in [0.5, 0.6) is 0 Å². The molecule has 0 spiro atoms. The molecule has 1 aliphatic rings. The first-order chi connectivity index (χ1) is 12.8. The average Bonchev–Trinajstić information content (AvgIpc) is 2.89. The van der Waals surface area contributed by atoms with Gasteiger partial charge in [0.2, 0.25) is 0 Å². The minimum Gasteiger partial charge on any atom is -0.469 e. The molecule has 0 aromatic carbocycles. The standard InChI is InChI=1S/C22H38O5/c1-4-5-14-22(2,26)15-10-12-18-17(19(23)16-20(18)24)11-8-6-7-9-13-21(25)27-3/h10,12,17-18,20,24,26H,4-9,11,13-16H2,1-3H3/b12-10+/t17-,18-,20?,22+/m1/s1. The number of carbonyl (C=O) groups is 2. The largest absolute Gasteiger partial charge is 0.469 e. The van der Waals surface area contributed by atoms with E-state index in [0.717, 1.165) is 51.4 Å². The third-order valence-electron chi connectivity index (χ3n) is 5.59. The number of ether oxygens (including phenoxy) is 1. The molecule has 0 bridgehead atoms. The predicted octanol–water partition coefficient (Wildman–Crippen LogP) is 3.95. The summed E-state index contributed by atoms with van der Waals surface area (Å²) in [4.78, 5) is 23.3. The van der Waals surface area contributed by atoms with Gasteiger partial charge in [-0.05, 0) is 32.6 Å². The zero-order valence-corrected chi connectivity index (χ0v) is 17.3. The molecule has 1 saturated carbocycles. The van der Waals surface area contributed by atoms with Gasteiger partial charge in [0.15, 0.2) is 0 Å². The van der Waals surface area contributed by atoms with Crippen molar-refractivity contribution in [1.82, 2.24) is 0 Å². The maximum absolute atomic E-state index is 12.2. The second-order valence-electron chi connectivity index (χ2n) is 8.18.